The monoisotopic (exact) mass is 543 g/mol. The van der Waals surface area contributed by atoms with Crippen LogP contribution in [0.25, 0.3) is 10.9 Å². The molecule has 1 saturated heterocycles. The molecule has 5 rings (SSSR count). The van der Waals surface area contributed by atoms with Gasteiger partial charge >= 0.3 is 5.69 Å². The van der Waals surface area contributed by atoms with E-state index in [9.17, 15) is 14.4 Å². The molecule has 4 aromatic rings. The molecule has 0 spiro atoms. The fraction of sp³-hybridized carbons (Fsp3) is 0.323. The van der Waals surface area contributed by atoms with Crippen LogP contribution in [0.5, 0.6) is 17.2 Å². The van der Waals surface area contributed by atoms with Crippen molar-refractivity contribution < 1.29 is 19.0 Å². The maximum atomic E-state index is 14.0. The summed E-state index contributed by atoms with van der Waals surface area (Å²) >= 11 is 0. The molecule has 1 aromatic heterocycles. The summed E-state index contributed by atoms with van der Waals surface area (Å²) in [4.78, 5) is 41.5. The van der Waals surface area contributed by atoms with Gasteiger partial charge in [0.2, 0.25) is 5.91 Å². The number of benzene rings is 3. The molecule has 0 unspecified atom stereocenters. The van der Waals surface area contributed by atoms with Crippen LogP contribution in [0.15, 0.2) is 76.3 Å². The minimum Gasteiger partial charge on any atom is -0.493 e. The third-order valence-corrected chi connectivity index (χ3v) is 7.45. The Morgan fingerprint density at radius 3 is 2.27 bits per heavy atom. The number of nitrogens with zero attached hydrogens (tertiary/aromatic N) is 3. The molecule has 0 atom stereocenters. The van der Waals surface area contributed by atoms with Gasteiger partial charge in [-0.2, -0.15) is 0 Å². The number of piperidine rings is 1. The smallest absolute Gasteiger partial charge is 0.332 e. The van der Waals surface area contributed by atoms with E-state index in [1.54, 1.807) is 60.9 Å². The van der Waals surface area contributed by atoms with E-state index < -0.39 is 5.56 Å². The molecule has 0 radical (unpaired) electrons. The minimum absolute atomic E-state index is 0.0225. The Morgan fingerprint density at radius 2 is 1.60 bits per heavy atom. The number of likely N-dealkylation sites (tertiary alicyclic amines) is 1. The van der Waals surface area contributed by atoms with Crippen LogP contribution < -0.4 is 25.5 Å². The van der Waals surface area contributed by atoms with Gasteiger partial charge in [-0.15, -0.1) is 0 Å². The molecule has 208 valence electrons. The summed E-state index contributed by atoms with van der Waals surface area (Å²) in [7, 11) is 3.10. The zero-order valence-corrected chi connectivity index (χ0v) is 23.0. The molecule has 9 nitrogen and oxygen atoms in total. The summed E-state index contributed by atoms with van der Waals surface area (Å²) in [5.74, 6) is 1.64. The molecule has 9 heteroatoms. The van der Waals surface area contributed by atoms with E-state index in [0.29, 0.717) is 60.7 Å². The lowest BCUT2D eigenvalue weighted by Crippen LogP contribution is -2.45. The number of ether oxygens (including phenoxy) is 3. The number of methoxy groups -OCH3 is 2. The molecule has 2 heterocycles. The Kier molecular flexibility index (Phi) is 7.91. The van der Waals surface area contributed by atoms with Crippen LogP contribution >= 0.6 is 0 Å². The van der Waals surface area contributed by atoms with Crippen molar-refractivity contribution >= 4 is 16.8 Å². The van der Waals surface area contributed by atoms with Crippen LogP contribution in [0.4, 0.5) is 0 Å². The molecule has 0 bridgehead atoms. The second-order valence-corrected chi connectivity index (χ2v) is 9.92. The topological polar surface area (TPSA) is 92.0 Å². The number of carbonyl (C=O) groups excluding carboxylic acids is 1. The summed E-state index contributed by atoms with van der Waals surface area (Å²) in [6, 6.07) is 20.3. The number of carbonyl (C=O) groups is 1. The second kappa shape index (κ2) is 11.7. The summed E-state index contributed by atoms with van der Waals surface area (Å²) in [6.07, 6.45) is 1.24. The van der Waals surface area contributed by atoms with E-state index >= 15 is 0 Å². The summed E-state index contributed by atoms with van der Waals surface area (Å²) < 4.78 is 19.8. The Hall–Kier alpha value is -4.53. The fourth-order valence-electron chi connectivity index (χ4n) is 5.29. The lowest BCUT2D eigenvalue weighted by Gasteiger charge is -2.33. The van der Waals surface area contributed by atoms with Crippen LogP contribution in [0.1, 0.15) is 36.9 Å². The van der Waals surface area contributed by atoms with Crippen molar-refractivity contribution in [3.05, 3.63) is 98.7 Å². The van der Waals surface area contributed by atoms with Gasteiger partial charge in [-0.3, -0.25) is 18.7 Å². The van der Waals surface area contributed by atoms with Gasteiger partial charge in [0.1, 0.15) is 12.4 Å². The SMILES string of the molecule is COc1ccc(Cn2c(=O)c3cc(OCc4ccccc4)ccc3n(C3CCN(C(C)=O)CC3)c2=O)cc1OC. The lowest BCUT2D eigenvalue weighted by atomic mass is 10.0. The van der Waals surface area contributed by atoms with E-state index in [-0.39, 0.29) is 24.2 Å². The second-order valence-electron chi connectivity index (χ2n) is 9.92. The van der Waals surface area contributed by atoms with Crippen molar-refractivity contribution in [2.75, 3.05) is 27.3 Å². The molecule has 0 aliphatic carbocycles. The Bertz CT molecular complexity index is 1640. The van der Waals surface area contributed by atoms with Crippen molar-refractivity contribution in [3.8, 4) is 17.2 Å². The number of hydrogen-bond acceptors (Lipinski definition) is 6. The molecule has 0 N–H and O–H groups in total. The van der Waals surface area contributed by atoms with Crippen LogP contribution in [0.2, 0.25) is 0 Å². The standard InChI is InChI=1S/C31H33N3O6/c1-21(35)32-15-13-24(14-16-32)34-27-11-10-25(40-20-22-7-5-4-6-8-22)18-26(27)30(36)33(31(34)37)19-23-9-12-28(38-2)29(17-23)39-3/h4-12,17-18,24H,13-16,19-20H2,1-3H3. The molecule has 1 aliphatic rings. The number of hydrogen-bond donors (Lipinski definition) is 0. The maximum absolute atomic E-state index is 14.0. The number of fused-ring (bicyclic) bond motifs is 1. The zero-order valence-electron chi connectivity index (χ0n) is 23.0. The van der Waals surface area contributed by atoms with Gasteiger partial charge in [-0.1, -0.05) is 36.4 Å². The highest BCUT2D eigenvalue weighted by atomic mass is 16.5. The zero-order chi connectivity index (χ0) is 28.2. The lowest BCUT2D eigenvalue weighted by molar-refractivity contribution is -0.130. The van der Waals surface area contributed by atoms with E-state index in [0.717, 1.165) is 11.1 Å². The van der Waals surface area contributed by atoms with Gasteiger partial charge in [0.25, 0.3) is 5.56 Å². The van der Waals surface area contributed by atoms with E-state index in [1.807, 2.05) is 36.4 Å². The molecule has 40 heavy (non-hydrogen) atoms. The molecular formula is C31H33N3O6. The number of aromatic nitrogens is 2. The first-order chi connectivity index (χ1) is 19.4. The molecule has 1 aliphatic heterocycles. The average Bonchev–Trinajstić information content (AvgIpc) is 2.99. The van der Waals surface area contributed by atoms with Crippen LogP contribution in [-0.2, 0) is 17.9 Å². The van der Waals surface area contributed by atoms with Crippen LogP contribution in [0.3, 0.4) is 0 Å². The maximum Gasteiger partial charge on any atom is 0.332 e. The van der Waals surface area contributed by atoms with E-state index in [2.05, 4.69) is 0 Å². The normalized spacial score (nSPS) is 13.8. The Labute approximate surface area is 232 Å². The van der Waals surface area contributed by atoms with Gasteiger partial charge in [0.15, 0.2) is 11.5 Å². The third kappa shape index (κ3) is 5.45. The van der Waals surface area contributed by atoms with E-state index in [4.69, 9.17) is 14.2 Å². The highest BCUT2D eigenvalue weighted by Crippen LogP contribution is 2.29. The van der Waals surface area contributed by atoms with Crippen molar-refractivity contribution in [1.29, 1.82) is 0 Å². The van der Waals surface area contributed by atoms with Crippen molar-refractivity contribution in [2.24, 2.45) is 0 Å². The highest BCUT2D eigenvalue weighted by molar-refractivity contribution is 5.80. The van der Waals surface area contributed by atoms with Crippen molar-refractivity contribution in [1.82, 2.24) is 14.0 Å². The predicted molar refractivity (Wildman–Crippen MR) is 152 cm³/mol. The Balaban J connectivity index is 1.58. The molecule has 1 fully saturated rings. The molecular weight excluding hydrogens is 510 g/mol. The summed E-state index contributed by atoms with van der Waals surface area (Å²) in [6.45, 7) is 3.09. The first kappa shape index (κ1) is 27.1. The van der Waals surface area contributed by atoms with Gasteiger partial charge in [0.05, 0.1) is 31.7 Å². The van der Waals surface area contributed by atoms with Gasteiger partial charge in [0, 0.05) is 26.1 Å². The molecule has 3 aromatic carbocycles. The van der Waals surface area contributed by atoms with Crippen LogP contribution in [0, 0.1) is 0 Å². The first-order valence-corrected chi connectivity index (χ1v) is 13.3. The van der Waals surface area contributed by atoms with Crippen molar-refractivity contribution in [3.63, 3.8) is 0 Å². The average molecular weight is 544 g/mol. The first-order valence-electron chi connectivity index (χ1n) is 13.3. The summed E-state index contributed by atoms with van der Waals surface area (Å²) in [5, 5.41) is 0.402. The minimum atomic E-state index is -0.391. The van der Waals surface area contributed by atoms with Gasteiger partial charge in [-0.25, -0.2) is 4.79 Å². The number of amides is 1. The van der Waals surface area contributed by atoms with Crippen LogP contribution in [-0.4, -0.2) is 47.3 Å². The van der Waals surface area contributed by atoms with Crippen molar-refractivity contribution in [2.45, 2.75) is 39.0 Å². The highest BCUT2D eigenvalue weighted by Gasteiger charge is 2.26. The summed E-state index contributed by atoms with van der Waals surface area (Å²) in [5.41, 5.74) is 1.53. The fourth-order valence-corrected chi connectivity index (χ4v) is 5.29. The molecule has 1 amide bonds. The predicted octanol–water partition coefficient (Wildman–Crippen LogP) is 3.99. The van der Waals surface area contributed by atoms with E-state index in [1.165, 1.54) is 4.57 Å². The quantitative estimate of drug-likeness (QED) is 0.334. The number of rotatable bonds is 8. The Morgan fingerprint density at radius 1 is 0.875 bits per heavy atom. The van der Waals surface area contributed by atoms with Gasteiger partial charge < -0.3 is 19.1 Å². The largest absolute Gasteiger partial charge is 0.493 e. The van der Waals surface area contributed by atoms with Gasteiger partial charge in [-0.05, 0) is 54.3 Å². The molecule has 0 saturated carbocycles. The third-order valence-electron chi connectivity index (χ3n) is 7.45.